The number of hydrogen-bond acceptors (Lipinski definition) is 7. The molecule has 4 aromatic rings. The number of benzene rings is 1. The van der Waals surface area contributed by atoms with Crippen molar-refractivity contribution in [3.8, 4) is 22.4 Å². The number of hydrogen-bond donors (Lipinski definition) is 2. The number of rotatable bonds is 4. The quantitative estimate of drug-likeness (QED) is 0.407. The molecule has 2 aliphatic rings. The molecule has 3 aromatic heterocycles. The summed E-state index contributed by atoms with van der Waals surface area (Å²) in [7, 11) is -3.75. The van der Waals surface area contributed by atoms with Gasteiger partial charge in [-0.05, 0) is 43.9 Å². The Bertz CT molecular complexity index is 1670. The minimum absolute atomic E-state index is 0.0145. The Labute approximate surface area is 218 Å². The number of aromatic nitrogens is 4. The van der Waals surface area contributed by atoms with Gasteiger partial charge in [0.2, 0.25) is 0 Å². The fourth-order valence-corrected chi connectivity index (χ4v) is 7.08. The van der Waals surface area contributed by atoms with E-state index in [0.717, 1.165) is 19.1 Å². The first-order valence-corrected chi connectivity index (χ1v) is 14.2. The summed E-state index contributed by atoms with van der Waals surface area (Å²) in [6, 6.07) is 9.31. The number of carbonyl (C=O) groups excluding carboxylic acids is 1. The van der Waals surface area contributed by atoms with Crippen LogP contribution in [0.25, 0.3) is 28.0 Å². The Hall–Kier alpha value is -4.06. The van der Waals surface area contributed by atoms with E-state index in [2.05, 4.69) is 10.1 Å². The third kappa shape index (κ3) is 3.87. The molecule has 12 heteroatoms. The number of nitrogen functional groups attached to an aromatic ring is 1. The van der Waals surface area contributed by atoms with Crippen LogP contribution in [0, 0.1) is 5.82 Å². The van der Waals surface area contributed by atoms with Gasteiger partial charge in [0.25, 0.3) is 0 Å². The summed E-state index contributed by atoms with van der Waals surface area (Å²) in [5.74, 6) is -0.601. The summed E-state index contributed by atoms with van der Waals surface area (Å²) >= 11 is 0. The van der Waals surface area contributed by atoms with Crippen LogP contribution in [0.1, 0.15) is 37.3 Å². The summed E-state index contributed by atoms with van der Waals surface area (Å²) in [5.41, 5.74) is 15.0. The normalized spacial score (nSPS) is 21.2. The zero-order chi connectivity index (χ0) is 26.8. The Morgan fingerprint density at radius 2 is 1.76 bits per heavy atom. The van der Waals surface area contributed by atoms with Crippen LogP contribution in [0.15, 0.2) is 53.7 Å². The molecule has 38 heavy (non-hydrogen) atoms. The van der Waals surface area contributed by atoms with E-state index in [-0.39, 0.29) is 34.5 Å². The Balaban J connectivity index is 1.45. The van der Waals surface area contributed by atoms with Crippen molar-refractivity contribution in [3.05, 3.63) is 60.3 Å². The summed E-state index contributed by atoms with van der Waals surface area (Å²) < 4.78 is 41.4. The zero-order valence-corrected chi connectivity index (χ0v) is 21.4. The van der Waals surface area contributed by atoms with Crippen LogP contribution in [0.2, 0.25) is 0 Å². The number of sulfone groups is 1. The number of primary amides is 1. The van der Waals surface area contributed by atoms with Gasteiger partial charge < -0.3 is 16.4 Å². The molecular weight excluding hydrogens is 509 g/mol. The minimum Gasteiger partial charge on any atom is -0.382 e. The lowest BCUT2D eigenvalue weighted by atomic mass is 9.88. The second-order valence-corrected chi connectivity index (χ2v) is 11.9. The first-order valence-electron chi connectivity index (χ1n) is 12.3. The molecule has 0 radical (unpaired) electrons. The van der Waals surface area contributed by atoms with Crippen molar-refractivity contribution in [3.63, 3.8) is 0 Å². The summed E-state index contributed by atoms with van der Waals surface area (Å²) in [6.45, 7) is 0. The molecule has 1 aromatic carbocycles. The van der Waals surface area contributed by atoms with Crippen LogP contribution in [0.5, 0.6) is 0 Å². The van der Waals surface area contributed by atoms with Gasteiger partial charge in [-0.3, -0.25) is 4.98 Å². The van der Waals surface area contributed by atoms with Crippen molar-refractivity contribution in [1.29, 1.82) is 0 Å². The largest absolute Gasteiger partial charge is 0.382 e. The maximum Gasteiger partial charge on any atom is 0.315 e. The molecular formula is C26H26FN7O3S. The fourth-order valence-electron chi connectivity index (χ4n) is 6.02. The highest BCUT2D eigenvalue weighted by atomic mass is 32.2. The number of nitrogens with zero attached hydrogens (tertiary/aromatic N) is 5. The second kappa shape index (κ2) is 8.76. The number of piperidine rings is 1. The lowest BCUT2D eigenvalue weighted by Gasteiger charge is -2.38. The molecule has 0 saturated carbocycles. The van der Waals surface area contributed by atoms with Crippen LogP contribution in [0.3, 0.4) is 0 Å². The topological polar surface area (TPSA) is 150 Å². The molecule has 3 atom stereocenters. The van der Waals surface area contributed by atoms with Crippen molar-refractivity contribution in [2.45, 2.75) is 48.6 Å². The summed E-state index contributed by atoms with van der Waals surface area (Å²) in [4.78, 5) is 22.9. The van der Waals surface area contributed by atoms with E-state index < -0.39 is 15.9 Å². The molecule has 196 valence electrons. The Kier molecular flexibility index (Phi) is 5.60. The molecule has 0 spiro atoms. The molecule has 0 unspecified atom stereocenters. The highest BCUT2D eigenvalue weighted by Gasteiger charge is 2.44. The zero-order valence-electron chi connectivity index (χ0n) is 20.6. The molecule has 2 aliphatic heterocycles. The third-order valence-electron chi connectivity index (χ3n) is 7.63. The van der Waals surface area contributed by atoms with Gasteiger partial charge in [0.05, 0.1) is 17.6 Å². The van der Waals surface area contributed by atoms with Crippen LogP contribution < -0.4 is 11.5 Å². The number of anilines is 1. The van der Waals surface area contributed by atoms with E-state index in [9.17, 15) is 17.6 Å². The molecule has 2 amide bonds. The van der Waals surface area contributed by atoms with E-state index in [4.69, 9.17) is 16.5 Å². The van der Waals surface area contributed by atoms with Crippen LogP contribution in [-0.4, -0.2) is 57.3 Å². The number of halogens is 1. The molecule has 10 nitrogen and oxygen atoms in total. The summed E-state index contributed by atoms with van der Waals surface area (Å²) in [6.07, 6.45) is 7.00. The maximum absolute atomic E-state index is 14.2. The van der Waals surface area contributed by atoms with E-state index in [1.807, 2.05) is 0 Å². The van der Waals surface area contributed by atoms with E-state index in [1.165, 1.54) is 10.6 Å². The number of pyridine rings is 1. The first-order chi connectivity index (χ1) is 18.1. The molecule has 2 saturated heterocycles. The minimum atomic E-state index is -3.75. The molecule has 4 N–H and O–H groups in total. The number of nitrogens with two attached hydrogens (primary N) is 2. The molecule has 5 heterocycles. The lowest BCUT2D eigenvalue weighted by molar-refractivity contribution is 0.144. The highest BCUT2D eigenvalue weighted by molar-refractivity contribution is 7.91. The number of amides is 2. The van der Waals surface area contributed by atoms with Gasteiger partial charge in [0.1, 0.15) is 16.5 Å². The highest BCUT2D eigenvalue weighted by Crippen LogP contribution is 2.45. The van der Waals surface area contributed by atoms with Gasteiger partial charge in [0, 0.05) is 47.1 Å². The lowest BCUT2D eigenvalue weighted by Crippen LogP contribution is -2.48. The number of urea groups is 1. The van der Waals surface area contributed by atoms with Gasteiger partial charge in [-0.1, -0.05) is 18.2 Å². The first kappa shape index (κ1) is 24.3. The van der Waals surface area contributed by atoms with Crippen molar-refractivity contribution in [2.75, 3.05) is 12.0 Å². The third-order valence-corrected chi connectivity index (χ3v) is 8.79. The molecule has 2 bridgehead atoms. The second-order valence-electron chi connectivity index (χ2n) is 9.99. The average molecular weight is 536 g/mol. The SMILES string of the molecule is CS(=O)(=O)c1c([C@@H]2C[C@H]3CC[C@@H](C2)N3C(N)=O)nc2c(-c3ccc(-c4ccccc4F)nc3)cnn2c1N. The average Bonchev–Trinajstić information content (AvgIpc) is 3.42. The molecule has 6 rings (SSSR count). The van der Waals surface area contributed by atoms with Gasteiger partial charge in [-0.2, -0.15) is 9.61 Å². The van der Waals surface area contributed by atoms with Crippen molar-refractivity contribution in [1.82, 2.24) is 24.5 Å². The van der Waals surface area contributed by atoms with Crippen LogP contribution in [0.4, 0.5) is 15.0 Å². The Morgan fingerprint density at radius 1 is 1.05 bits per heavy atom. The van der Waals surface area contributed by atoms with Crippen molar-refractivity contribution in [2.24, 2.45) is 5.73 Å². The molecule has 0 aliphatic carbocycles. The molecule has 2 fully saturated rings. The van der Waals surface area contributed by atoms with Crippen molar-refractivity contribution < 1.29 is 17.6 Å². The Morgan fingerprint density at radius 3 is 2.37 bits per heavy atom. The van der Waals surface area contributed by atoms with E-state index in [1.54, 1.807) is 47.6 Å². The monoisotopic (exact) mass is 535 g/mol. The van der Waals surface area contributed by atoms with Gasteiger partial charge in [0.15, 0.2) is 15.5 Å². The fraction of sp³-hybridized carbons (Fsp3) is 0.308. The number of fused-ring (bicyclic) bond motifs is 3. The van der Waals surface area contributed by atoms with Gasteiger partial charge in [-0.15, -0.1) is 0 Å². The van der Waals surface area contributed by atoms with E-state index >= 15 is 0 Å². The van der Waals surface area contributed by atoms with Crippen LogP contribution in [-0.2, 0) is 9.84 Å². The van der Waals surface area contributed by atoms with Crippen LogP contribution >= 0.6 is 0 Å². The number of carbonyl (C=O) groups is 1. The summed E-state index contributed by atoms with van der Waals surface area (Å²) in [5, 5.41) is 4.33. The standard InChI is InChI=1S/C26H26FN7O3S/c1-38(36,37)23-22(15-10-16-7-8-17(11-15)33(16)26(29)35)32-25-19(13-31-34(25)24(23)28)14-6-9-21(30-12-14)18-4-2-3-5-20(18)27/h2-6,9,12-13,15-17H,7-8,10-11,28H2,1H3,(H2,29,35)/t15-,16-,17+. The predicted molar refractivity (Wildman–Crippen MR) is 139 cm³/mol. The van der Waals surface area contributed by atoms with E-state index in [0.29, 0.717) is 46.6 Å². The van der Waals surface area contributed by atoms with Gasteiger partial charge in [-0.25, -0.2) is 22.6 Å². The predicted octanol–water partition coefficient (Wildman–Crippen LogP) is 3.37. The smallest absolute Gasteiger partial charge is 0.315 e. The van der Waals surface area contributed by atoms with Crippen molar-refractivity contribution >= 4 is 27.3 Å². The van der Waals surface area contributed by atoms with Gasteiger partial charge >= 0.3 is 6.03 Å². The maximum atomic E-state index is 14.2.